The lowest BCUT2D eigenvalue weighted by Crippen LogP contribution is -2.53. The lowest BCUT2D eigenvalue weighted by molar-refractivity contribution is -0.122. The summed E-state index contributed by atoms with van der Waals surface area (Å²) in [5.41, 5.74) is 6.09. The molecule has 2 aromatic rings. The molecule has 1 fully saturated rings. The number of carbonyl (C=O) groups excluding carboxylic acids is 2. The molecule has 1 saturated carbocycles. The quantitative estimate of drug-likeness (QED) is 0.723. The van der Waals surface area contributed by atoms with Gasteiger partial charge in [0.15, 0.2) is 0 Å². The molecule has 4 N–H and O–H groups in total. The number of nitrogens with one attached hydrogen (secondary N) is 2. The van der Waals surface area contributed by atoms with Gasteiger partial charge in [0.05, 0.1) is 5.54 Å². The Bertz CT molecular complexity index is 785. The molecule has 0 spiro atoms. The molecule has 0 aromatic heterocycles. The molecule has 5 nitrogen and oxygen atoms in total. The first-order valence-corrected chi connectivity index (χ1v) is 8.80. The first-order valence-electron chi connectivity index (χ1n) is 8.80. The molecule has 1 aliphatic rings. The van der Waals surface area contributed by atoms with E-state index in [9.17, 15) is 9.59 Å². The maximum absolute atomic E-state index is 12.3. The molecular weight excluding hydrogens is 314 g/mol. The van der Waals surface area contributed by atoms with Gasteiger partial charge >= 0.3 is 0 Å². The van der Waals surface area contributed by atoms with Crippen LogP contribution in [0.4, 0.5) is 0 Å². The topological polar surface area (TPSA) is 84.2 Å². The monoisotopic (exact) mass is 339 g/mol. The van der Waals surface area contributed by atoms with E-state index in [1.165, 1.54) is 0 Å². The van der Waals surface area contributed by atoms with Gasteiger partial charge in [-0.3, -0.25) is 9.59 Å². The number of carbonyl (C=O) groups is 2. The molecule has 3 rings (SSSR count). The second kappa shape index (κ2) is 7.23. The standard InChI is InChI=1S/C20H25N3O2/c1-20(13-21,17-8-9-17)23-18(24)10-11-22-19(25)16-7-6-14-4-2-3-5-15(14)12-16/h2-7,12,17H,8-11,13,21H2,1H3,(H,22,25)(H,23,24). The molecule has 0 heterocycles. The zero-order valence-corrected chi connectivity index (χ0v) is 14.5. The van der Waals surface area contributed by atoms with Gasteiger partial charge in [0, 0.05) is 25.1 Å². The van der Waals surface area contributed by atoms with Crippen LogP contribution in [0.2, 0.25) is 0 Å². The van der Waals surface area contributed by atoms with Gasteiger partial charge in [0.25, 0.3) is 5.91 Å². The van der Waals surface area contributed by atoms with Gasteiger partial charge in [0.2, 0.25) is 5.91 Å². The van der Waals surface area contributed by atoms with E-state index in [2.05, 4.69) is 10.6 Å². The zero-order valence-electron chi connectivity index (χ0n) is 14.5. The van der Waals surface area contributed by atoms with Gasteiger partial charge in [-0.25, -0.2) is 0 Å². The van der Waals surface area contributed by atoms with E-state index in [-0.39, 0.29) is 23.8 Å². The molecule has 5 heteroatoms. The van der Waals surface area contributed by atoms with Gasteiger partial charge < -0.3 is 16.4 Å². The normalized spacial score (nSPS) is 16.2. The van der Waals surface area contributed by atoms with Crippen molar-refractivity contribution < 1.29 is 9.59 Å². The molecule has 2 aromatic carbocycles. The van der Waals surface area contributed by atoms with Crippen LogP contribution in [-0.2, 0) is 4.79 Å². The van der Waals surface area contributed by atoms with Crippen LogP contribution < -0.4 is 16.4 Å². The van der Waals surface area contributed by atoms with E-state index in [0.717, 1.165) is 23.6 Å². The summed E-state index contributed by atoms with van der Waals surface area (Å²) in [6.07, 6.45) is 2.49. The van der Waals surface area contributed by atoms with Crippen LogP contribution in [-0.4, -0.2) is 30.4 Å². The van der Waals surface area contributed by atoms with Crippen LogP contribution in [0.25, 0.3) is 10.8 Å². The van der Waals surface area contributed by atoms with Crippen molar-refractivity contribution in [3.8, 4) is 0 Å². The Morgan fingerprint density at radius 1 is 1.16 bits per heavy atom. The number of rotatable bonds is 7. The number of fused-ring (bicyclic) bond motifs is 1. The largest absolute Gasteiger partial charge is 0.352 e. The lowest BCUT2D eigenvalue weighted by atomic mass is 9.96. The Labute approximate surface area is 148 Å². The molecule has 1 unspecified atom stereocenters. The van der Waals surface area contributed by atoms with Crippen molar-refractivity contribution in [2.75, 3.05) is 13.1 Å². The summed E-state index contributed by atoms with van der Waals surface area (Å²) in [6.45, 7) is 2.74. The molecule has 0 aliphatic heterocycles. The van der Waals surface area contributed by atoms with E-state index in [1.54, 1.807) is 6.07 Å². The Morgan fingerprint density at radius 2 is 1.88 bits per heavy atom. The van der Waals surface area contributed by atoms with Crippen LogP contribution in [0.1, 0.15) is 36.5 Å². The van der Waals surface area contributed by atoms with Crippen molar-refractivity contribution in [2.24, 2.45) is 11.7 Å². The molecular formula is C20H25N3O2. The minimum absolute atomic E-state index is 0.0707. The van der Waals surface area contributed by atoms with Crippen LogP contribution in [0, 0.1) is 5.92 Å². The van der Waals surface area contributed by atoms with Crippen molar-refractivity contribution in [3.05, 3.63) is 48.0 Å². The summed E-state index contributed by atoms with van der Waals surface area (Å²) in [5.74, 6) is 0.245. The van der Waals surface area contributed by atoms with Crippen molar-refractivity contribution in [1.82, 2.24) is 10.6 Å². The molecule has 2 amide bonds. The first-order chi connectivity index (χ1) is 12.0. The van der Waals surface area contributed by atoms with Crippen LogP contribution >= 0.6 is 0 Å². The van der Waals surface area contributed by atoms with Crippen molar-refractivity contribution in [3.63, 3.8) is 0 Å². The van der Waals surface area contributed by atoms with Crippen LogP contribution in [0.15, 0.2) is 42.5 Å². The van der Waals surface area contributed by atoms with E-state index in [1.807, 2.05) is 43.3 Å². The average molecular weight is 339 g/mol. The number of nitrogens with two attached hydrogens (primary N) is 1. The zero-order chi connectivity index (χ0) is 17.9. The lowest BCUT2D eigenvalue weighted by Gasteiger charge is -2.29. The van der Waals surface area contributed by atoms with Crippen LogP contribution in [0.3, 0.4) is 0 Å². The smallest absolute Gasteiger partial charge is 0.251 e. The first kappa shape index (κ1) is 17.4. The van der Waals surface area contributed by atoms with Crippen molar-refractivity contribution in [2.45, 2.75) is 31.7 Å². The van der Waals surface area contributed by atoms with E-state index >= 15 is 0 Å². The van der Waals surface area contributed by atoms with Gasteiger partial charge in [-0.2, -0.15) is 0 Å². The summed E-state index contributed by atoms with van der Waals surface area (Å²) in [6, 6.07) is 13.5. The Kier molecular flexibility index (Phi) is 5.04. The minimum Gasteiger partial charge on any atom is -0.352 e. The van der Waals surface area contributed by atoms with Crippen LogP contribution in [0.5, 0.6) is 0 Å². The SMILES string of the molecule is CC(CN)(NC(=O)CCNC(=O)c1ccc2ccccc2c1)C1CC1. The Morgan fingerprint density at radius 3 is 2.56 bits per heavy atom. The van der Waals surface area contributed by atoms with Gasteiger partial charge in [-0.05, 0) is 48.6 Å². The average Bonchev–Trinajstić information content (AvgIpc) is 3.46. The Hall–Kier alpha value is -2.40. The third-order valence-corrected chi connectivity index (χ3v) is 4.98. The van der Waals surface area contributed by atoms with E-state index in [0.29, 0.717) is 24.6 Å². The summed E-state index contributed by atoms with van der Waals surface area (Å²) in [7, 11) is 0. The highest BCUT2D eigenvalue weighted by Crippen LogP contribution is 2.38. The summed E-state index contributed by atoms with van der Waals surface area (Å²) in [5, 5.41) is 7.96. The molecule has 0 bridgehead atoms. The van der Waals surface area contributed by atoms with E-state index in [4.69, 9.17) is 5.73 Å². The van der Waals surface area contributed by atoms with Crippen molar-refractivity contribution >= 4 is 22.6 Å². The predicted octanol–water partition coefficient (Wildman–Crippen LogP) is 2.20. The highest BCUT2D eigenvalue weighted by molar-refractivity contribution is 5.98. The van der Waals surface area contributed by atoms with Gasteiger partial charge in [-0.15, -0.1) is 0 Å². The fourth-order valence-corrected chi connectivity index (χ4v) is 3.14. The molecule has 0 radical (unpaired) electrons. The Balaban J connectivity index is 1.50. The summed E-state index contributed by atoms with van der Waals surface area (Å²) < 4.78 is 0. The fraction of sp³-hybridized carbons (Fsp3) is 0.400. The maximum Gasteiger partial charge on any atom is 0.251 e. The molecule has 0 saturated heterocycles. The highest BCUT2D eigenvalue weighted by atomic mass is 16.2. The minimum atomic E-state index is -0.320. The summed E-state index contributed by atoms with van der Waals surface area (Å²) in [4.78, 5) is 24.4. The predicted molar refractivity (Wildman–Crippen MR) is 99.2 cm³/mol. The number of hydrogen-bond donors (Lipinski definition) is 3. The number of amides is 2. The number of benzene rings is 2. The maximum atomic E-state index is 12.3. The molecule has 1 atom stereocenters. The third kappa shape index (κ3) is 4.17. The summed E-state index contributed by atoms with van der Waals surface area (Å²) >= 11 is 0. The van der Waals surface area contributed by atoms with Gasteiger partial charge in [-0.1, -0.05) is 30.3 Å². The molecule has 132 valence electrons. The van der Waals surface area contributed by atoms with E-state index < -0.39 is 0 Å². The second-order valence-corrected chi connectivity index (χ2v) is 7.01. The molecule has 25 heavy (non-hydrogen) atoms. The van der Waals surface area contributed by atoms with Crippen molar-refractivity contribution in [1.29, 1.82) is 0 Å². The second-order valence-electron chi connectivity index (χ2n) is 7.01. The number of hydrogen-bond acceptors (Lipinski definition) is 3. The highest BCUT2D eigenvalue weighted by Gasteiger charge is 2.41. The third-order valence-electron chi connectivity index (χ3n) is 4.98. The molecule has 1 aliphatic carbocycles. The fourth-order valence-electron chi connectivity index (χ4n) is 3.14. The van der Waals surface area contributed by atoms with Gasteiger partial charge in [0.1, 0.15) is 0 Å².